The van der Waals surface area contributed by atoms with Crippen LogP contribution in [0.2, 0.25) is 0 Å². The molecule has 2 aromatic rings. The number of hydrogen-bond donors (Lipinski definition) is 1. The van der Waals surface area contributed by atoms with Gasteiger partial charge in [0.15, 0.2) is 0 Å². The summed E-state index contributed by atoms with van der Waals surface area (Å²) in [5.41, 5.74) is 5.77. The molecule has 5 rings (SSSR count). The minimum Gasteiger partial charge on any atom is -0.381 e. The first kappa shape index (κ1) is 18.9. The summed E-state index contributed by atoms with van der Waals surface area (Å²) in [6.45, 7) is 6.99. The number of nitrogens with zero attached hydrogens (tertiary/aromatic N) is 3. The number of aryl methyl sites for hydroxylation is 2. The normalized spacial score (nSPS) is 22.5. The lowest BCUT2D eigenvalue weighted by molar-refractivity contribution is 0.0605. The van der Waals surface area contributed by atoms with Gasteiger partial charge in [0, 0.05) is 48.9 Å². The Balaban J connectivity index is 1.38. The average molecular weight is 397 g/mol. The van der Waals surface area contributed by atoms with Crippen LogP contribution in [0.4, 0.5) is 0 Å². The highest BCUT2D eigenvalue weighted by atomic mass is 16.5. The highest BCUT2D eigenvalue weighted by Crippen LogP contribution is 2.35. The molecule has 3 heterocycles. The van der Waals surface area contributed by atoms with Crippen molar-refractivity contribution in [2.45, 2.75) is 77.4 Å². The van der Waals surface area contributed by atoms with Crippen LogP contribution in [0.3, 0.4) is 0 Å². The summed E-state index contributed by atoms with van der Waals surface area (Å²) in [6.07, 6.45) is 9.39. The van der Waals surface area contributed by atoms with Crippen LogP contribution in [-0.2, 0) is 24.1 Å². The third kappa shape index (κ3) is 3.63. The maximum atomic E-state index is 13.7. The molecular weight excluding hydrogens is 364 g/mol. The predicted molar refractivity (Wildman–Crippen MR) is 111 cm³/mol. The summed E-state index contributed by atoms with van der Waals surface area (Å²) in [7, 11) is 0. The number of aromatic amines is 1. The van der Waals surface area contributed by atoms with Crippen LogP contribution in [0.1, 0.15) is 65.1 Å². The molecule has 2 aliphatic carbocycles. The van der Waals surface area contributed by atoms with Crippen LogP contribution in [0, 0.1) is 19.8 Å². The summed E-state index contributed by atoms with van der Waals surface area (Å²) in [5, 5.41) is 7.32. The Morgan fingerprint density at radius 2 is 2.00 bits per heavy atom. The lowest BCUT2D eigenvalue weighted by atomic mass is 9.91. The van der Waals surface area contributed by atoms with Crippen molar-refractivity contribution in [1.29, 1.82) is 0 Å². The maximum absolute atomic E-state index is 13.7. The van der Waals surface area contributed by atoms with E-state index in [1.165, 1.54) is 17.0 Å². The largest absolute Gasteiger partial charge is 0.381 e. The second-order valence-corrected chi connectivity index (χ2v) is 9.17. The van der Waals surface area contributed by atoms with E-state index in [0.29, 0.717) is 18.0 Å². The van der Waals surface area contributed by atoms with Crippen molar-refractivity contribution in [3.8, 4) is 0 Å². The molecule has 0 spiro atoms. The van der Waals surface area contributed by atoms with Crippen molar-refractivity contribution < 1.29 is 9.53 Å². The average Bonchev–Trinajstić information content (AvgIpc) is 3.38. The standard InChI is InChI=1S/C23H32N4O2/c1-15-11-21(16(2)26(15)14-17-7-9-29-10-8-17)23(28)27(19-3-4-19)20-5-6-22-18(12-20)13-24-25-22/h11,13,17,19-20H,3-10,12,14H2,1-2H3,(H,24,25). The molecule has 1 N–H and O–H groups in total. The second-order valence-electron chi connectivity index (χ2n) is 9.17. The zero-order valence-corrected chi connectivity index (χ0v) is 17.6. The number of aromatic nitrogens is 3. The van der Waals surface area contributed by atoms with Gasteiger partial charge >= 0.3 is 0 Å². The quantitative estimate of drug-likeness (QED) is 0.842. The van der Waals surface area contributed by atoms with Gasteiger partial charge in [0.2, 0.25) is 0 Å². The first-order valence-electron chi connectivity index (χ1n) is 11.2. The Kier molecular flexibility index (Phi) is 4.98. The minimum atomic E-state index is 0.232. The number of nitrogens with one attached hydrogen (secondary N) is 1. The fourth-order valence-electron chi connectivity index (χ4n) is 5.24. The number of fused-ring (bicyclic) bond motifs is 1. The first-order valence-corrected chi connectivity index (χ1v) is 11.2. The minimum absolute atomic E-state index is 0.232. The fraction of sp³-hybridized carbons (Fsp3) is 0.652. The van der Waals surface area contributed by atoms with Gasteiger partial charge in [0.05, 0.1) is 11.8 Å². The summed E-state index contributed by atoms with van der Waals surface area (Å²) in [6, 6.07) is 2.83. The molecule has 0 aromatic carbocycles. The molecule has 2 fully saturated rings. The van der Waals surface area contributed by atoms with Gasteiger partial charge in [-0.05, 0) is 76.3 Å². The third-order valence-corrected chi connectivity index (χ3v) is 7.14. The Morgan fingerprint density at radius 3 is 2.76 bits per heavy atom. The van der Waals surface area contributed by atoms with E-state index in [1.807, 2.05) is 6.20 Å². The zero-order chi connectivity index (χ0) is 20.0. The van der Waals surface area contributed by atoms with Crippen molar-refractivity contribution in [2.24, 2.45) is 5.92 Å². The highest BCUT2D eigenvalue weighted by molar-refractivity contribution is 5.96. The topological polar surface area (TPSA) is 63.2 Å². The molecule has 1 unspecified atom stereocenters. The maximum Gasteiger partial charge on any atom is 0.256 e. The number of hydrogen-bond acceptors (Lipinski definition) is 3. The molecule has 6 heteroatoms. The van der Waals surface area contributed by atoms with Crippen molar-refractivity contribution in [1.82, 2.24) is 19.7 Å². The van der Waals surface area contributed by atoms with Gasteiger partial charge in [-0.1, -0.05) is 0 Å². The van der Waals surface area contributed by atoms with E-state index >= 15 is 0 Å². The number of H-pyrrole nitrogens is 1. The van der Waals surface area contributed by atoms with Crippen LogP contribution < -0.4 is 0 Å². The van der Waals surface area contributed by atoms with Crippen LogP contribution in [0.5, 0.6) is 0 Å². The van der Waals surface area contributed by atoms with E-state index in [4.69, 9.17) is 4.74 Å². The van der Waals surface area contributed by atoms with Crippen LogP contribution >= 0.6 is 0 Å². The summed E-state index contributed by atoms with van der Waals surface area (Å²) in [5.74, 6) is 0.879. The molecule has 29 heavy (non-hydrogen) atoms. The van der Waals surface area contributed by atoms with E-state index in [9.17, 15) is 4.79 Å². The van der Waals surface area contributed by atoms with Gasteiger partial charge in [-0.15, -0.1) is 0 Å². The second kappa shape index (κ2) is 7.63. The number of ether oxygens (including phenoxy) is 1. The smallest absolute Gasteiger partial charge is 0.256 e. The summed E-state index contributed by atoms with van der Waals surface area (Å²) < 4.78 is 7.88. The van der Waals surface area contributed by atoms with Crippen LogP contribution in [-0.4, -0.2) is 50.9 Å². The molecule has 1 aliphatic heterocycles. The number of carbonyl (C=O) groups is 1. The Bertz CT molecular complexity index is 889. The van der Waals surface area contributed by atoms with Gasteiger partial charge in [-0.2, -0.15) is 5.10 Å². The van der Waals surface area contributed by atoms with Crippen LogP contribution in [0.25, 0.3) is 0 Å². The molecule has 3 aliphatic rings. The van der Waals surface area contributed by atoms with Gasteiger partial charge < -0.3 is 14.2 Å². The van der Waals surface area contributed by atoms with E-state index in [0.717, 1.165) is 76.0 Å². The number of carbonyl (C=O) groups excluding carboxylic acids is 1. The highest BCUT2D eigenvalue weighted by Gasteiger charge is 2.40. The van der Waals surface area contributed by atoms with Gasteiger partial charge in [-0.25, -0.2) is 0 Å². The molecule has 2 aromatic heterocycles. The first-order chi connectivity index (χ1) is 14.1. The van der Waals surface area contributed by atoms with Gasteiger partial charge in [0.1, 0.15) is 0 Å². The fourth-order valence-corrected chi connectivity index (χ4v) is 5.24. The van der Waals surface area contributed by atoms with Crippen molar-refractivity contribution in [2.75, 3.05) is 13.2 Å². The molecular formula is C23H32N4O2. The Labute approximate surface area is 172 Å². The van der Waals surface area contributed by atoms with Crippen molar-refractivity contribution >= 4 is 5.91 Å². The molecule has 1 saturated heterocycles. The molecule has 1 atom stereocenters. The van der Waals surface area contributed by atoms with Crippen LogP contribution in [0.15, 0.2) is 12.3 Å². The molecule has 1 amide bonds. The van der Waals surface area contributed by atoms with E-state index in [1.54, 1.807) is 0 Å². The van der Waals surface area contributed by atoms with Gasteiger partial charge in [-0.3, -0.25) is 9.89 Å². The molecule has 1 saturated carbocycles. The van der Waals surface area contributed by atoms with E-state index in [2.05, 4.69) is 39.6 Å². The molecule has 6 nitrogen and oxygen atoms in total. The Hall–Kier alpha value is -2.08. The lowest BCUT2D eigenvalue weighted by Crippen LogP contribution is -2.45. The Morgan fingerprint density at radius 1 is 1.21 bits per heavy atom. The molecule has 156 valence electrons. The third-order valence-electron chi connectivity index (χ3n) is 7.14. The monoisotopic (exact) mass is 396 g/mol. The summed E-state index contributed by atoms with van der Waals surface area (Å²) in [4.78, 5) is 15.9. The predicted octanol–water partition coefficient (Wildman–Crippen LogP) is 3.42. The molecule has 0 radical (unpaired) electrons. The number of amides is 1. The van der Waals surface area contributed by atoms with E-state index < -0.39 is 0 Å². The van der Waals surface area contributed by atoms with E-state index in [-0.39, 0.29) is 5.91 Å². The number of rotatable bonds is 5. The zero-order valence-electron chi connectivity index (χ0n) is 17.6. The van der Waals surface area contributed by atoms with Crippen molar-refractivity contribution in [3.63, 3.8) is 0 Å². The lowest BCUT2D eigenvalue weighted by Gasteiger charge is -2.34. The summed E-state index contributed by atoms with van der Waals surface area (Å²) >= 11 is 0. The van der Waals surface area contributed by atoms with Gasteiger partial charge in [0.25, 0.3) is 5.91 Å². The molecule has 0 bridgehead atoms. The van der Waals surface area contributed by atoms with Crippen molar-refractivity contribution in [3.05, 3.63) is 40.5 Å². The SMILES string of the molecule is Cc1cc(C(=O)N(C2CC2)C2CCc3[nH]ncc3C2)c(C)n1CC1CCOCC1.